The van der Waals surface area contributed by atoms with Crippen LogP contribution in [0.2, 0.25) is 0 Å². The largest absolute Gasteiger partial charge is 0.480 e. The standard InChI is InChI=1S/C68H115N13O18S2/c1-7-49(6)62-66(95)74-54(47-101-46-51-16-12-15-50(40-51)45-100-38-20-57(84)77-68(8-2,9-3)67(96)75-53(39-48(4)5)65(94)76-62)64(93)72-23-14-33-98-35-37-99-36-34-97-32-13-22-70-55(82)18-19-56(83)73-52(63(69)92)17-10-11-21-71-58(85)41-78-24-26-79(42-59(86)87)28-30-81(44-61(90)91)31-29-80(27-25-78)43-60(88)89/h12,15-16,40,48-49,52-54,62H,7-11,13-14,17-39,41-47H2,1-6H3,(H2,69,92)(H,70,82)(H,71,85)(H,72,93)(H,73,83)(H,74,95)(H,75,96)(H,76,94)(H,77,84)(H,86,87)(H,88,89)(H,90,91)/t49-,52-,53-,54-,62-/m0/s1. The molecule has 0 aliphatic carbocycles. The molecule has 2 bridgehead atoms. The average molecular weight is 1470 g/mol. The van der Waals surface area contributed by atoms with Crippen molar-refractivity contribution in [1.29, 1.82) is 0 Å². The number of aliphatic carboxylic acids is 3. The number of amides is 9. The summed E-state index contributed by atoms with van der Waals surface area (Å²) in [5.41, 5.74) is 6.44. The van der Waals surface area contributed by atoms with E-state index in [0.29, 0.717) is 108 Å². The number of carbonyl (C=O) groups excluding carboxylic acids is 9. The zero-order chi connectivity index (χ0) is 74.5. The molecule has 3 rings (SSSR count). The molecule has 0 spiro atoms. The molecule has 9 amide bonds. The van der Waals surface area contributed by atoms with Crippen molar-refractivity contribution in [2.24, 2.45) is 17.6 Å². The number of hydrogen-bond acceptors (Lipinski definition) is 21. The molecule has 1 aromatic rings. The van der Waals surface area contributed by atoms with Crippen LogP contribution >= 0.6 is 23.5 Å². The summed E-state index contributed by atoms with van der Waals surface area (Å²) in [6, 6.07) is 4.11. The quantitative estimate of drug-likeness (QED) is 0.0396. The fourth-order valence-corrected chi connectivity index (χ4v) is 13.0. The van der Waals surface area contributed by atoms with Gasteiger partial charge in [0.25, 0.3) is 0 Å². The van der Waals surface area contributed by atoms with Crippen molar-refractivity contribution < 1.29 is 87.1 Å². The Kier molecular flexibility index (Phi) is 44.3. The van der Waals surface area contributed by atoms with Crippen molar-refractivity contribution in [2.75, 3.05) is 149 Å². The van der Waals surface area contributed by atoms with E-state index in [0.717, 1.165) is 11.1 Å². The smallest absolute Gasteiger partial charge is 0.317 e. The van der Waals surface area contributed by atoms with Gasteiger partial charge < -0.3 is 77.8 Å². The highest BCUT2D eigenvalue weighted by molar-refractivity contribution is 7.98. The first-order valence-electron chi connectivity index (χ1n) is 35.4. The monoisotopic (exact) mass is 1470 g/mol. The molecule has 0 unspecified atom stereocenters. The molecule has 572 valence electrons. The van der Waals surface area contributed by atoms with Crippen molar-refractivity contribution in [3.8, 4) is 0 Å². The van der Waals surface area contributed by atoms with E-state index in [4.69, 9.17) is 19.9 Å². The van der Waals surface area contributed by atoms with Crippen LogP contribution in [0, 0.1) is 11.8 Å². The number of rotatable bonds is 39. The number of thioether (sulfide) groups is 2. The highest BCUT2D eigenvalue weighted by Gasteiger charge is 2.40. The van der Waals surface area contributed by atoms with Gasteiger partial charge in [-0.1, -0.05) is 72.2 Å². The van der Waals surface area contributed by atoms with Gasteiger partial charge in [0.2, 0.25) is 53.2 Å². The number of primary amides is 1. The molecule has 1 fully saturated rings. The summed E-state index contributed by atoms with van der Waals surface area (Å²) < 4.78 is 17.0. The fourth-order valence-electron chi connectivity index (χ4n) is 11.1. The lowest BCUT2D eigenvalue weighted by molar-refractivity contribution is -0.140. The summed E-state index contributed by atoms with van der Waals surface area (Å²) in [6.45, 7) is 15.1. The van der Waals surface area contributed by atoms with E-state index in [9.17, 15) is 72.9 Å². The van der Waals surface area contributed by atoms with Crippen molar-refractivity contribution in [3.05, 3.63) is 35.4 Å². The van der Waals surface area contributed by atoms with Crippen LogP contribution in [-0.2, 0) is 83.3 Å². The number of nitrogens with one attached hydrogen (secondary N) is 8. The number of carboxylic acids is 3. The predicted octanol–water partition coefficient (Wildman–Crippen LogP) is 0.353. The molecule has 1 aromatic carbocycles. The van der Waals surface area contributed by atoms with Crippen LogP contribution in [0.4, 0.5) is 0 Å². The molecule has 2 aliphatic heterocycles. The van der Waals surface area contributed by atoms with E-state index in [-0.39, 0.29) is 165 Å². The van der Waals surface area contributed by atoms with Gasteiger partial charge in [0.1, 0.15) is 29.7 Å². The van der Waals surface area contributed by atoms with E-state index in [1.807, 2.05) is 59.7 Å². The molecule has 0 aromatic heterocycles. The molecule has 1 saturated heterocycles. The second-order valence-corrected chi connectivity index (χ2v) is 28.0. The molecule has 2 heterocycles. The van der Waals surface area contributed by atoms with Crippen LogP contribution in [0.1, 0.15) is 130 Å². The maximum Gasteiger partial charge on any atom is 0.317 e. The highest BCUT2D eigenvalue weighted by atomic mass is 32.2. The van der Waals surface area contributed by atoms with Gasteiger partial charge in [-0.15, -0.1) is 0 Å². The molecule has 2 aliphatic rings. The normalized spacial score (nSPS) is 19.4. The molecule has 33 heteroatoms. The van der Waals surface area contributed by atoms with Gasteiger partial charge in [-0.3, -0.25) is 77.1 Å². The average Bonchev–Trinajstić information content (AvgIpc) is 0.824. The minimum atomic E-state index is -1.25. The lowest BCUT2D eigenvalue weighted by Crippen LogP contribution is -2.63. The van der Waals surface area contributed by atoms with Crippen LogP contribution in [0.15, 0.2) is 24.3 Å². The summed E-state index contributed by atoms with van der Waals surface area (Å²) in [6.07, 6.45) is 3.33. The first kappa shape index (κ1) is 88.5. The van der Waals surface area contributed by atoms with Crippen LogP contribution in [0.5, 0.6) is 0 Å². The number of carboxylic acid groups (broad SMARTS) is 3. The molecule has 0 radical (unpaired) electrons. The Balaban J connectivity index is 1.35. The lowest BCUT2D eigenvalue weighted by atomic mass is 9.90. The lowest BCUT2D eigenvalue weighted by Gasteiger charge is -2.34. The van der Waals surface area contributed by atoms with Gasteiger partial charge in [-0.25, -0.2) is 0 Å². The van der Waals surface area contributed by atoms with Crippen molar-refractivity contribution in [1.82, 2.24) is 62.1 Å². The molecular weight excluding hydrogens is 1350 g/mol. The number of nitrogens with two attached hydrogens (primary N) is 1. The van der Waals surface area contributed by atoms with E-state index in [2.05, 4.69) is 48.6 Å². The number of hydrogen-bond donors (Lipinski definition) is 12. The Morgan fingerprint density at radius 2 is 1.11 bits per heavy atom. The maximum atomic E-state index is 14.3. The van der Waals surface area contributed by atoms with Crippen LogP contribution in [0.25, 0.3) is 0 Å². The fraction of sp³-hybridized carbons (Fsp3) is 0.735. The van der Waals surface area contributed by atoms with Crippen LogP contribution in [-0.4, -0.2) is 285 Å². The highest BCUT2D eigenvalue weighted by Crippen LogP contribution is 2.22. The number of carbonyl (C=O) groups is 12. The van der Waals surface area contributed by atoms with Crippen LogP contribution < -0.4 is 48.3 Å². The first-order valence-corrected chi connectivity index (χ1v) is 37.7. The maximum absolute atomic E-state index is 14.3. The SMILES string of the molecule is CC[C@H](C)[C@@H]1NC(=O)[C@H](CC(C)C)NC(=O)C(CC)(CC)NC(=O)CCSCc2cccc(c2)CSC[C@@H](C(=O)NCCCOCCOCCOCCCNC(=O)CCC(=O)N[C@@H](CCCCNC(=O)CN2CCN(CC(=O)O)CCN(CC(=O)O)CCN(CC(=O)O)CC2)C(N)=O)NC1=O. The molecule has 101 heavy (non-hydrogen) atoms. The Hall–Kier alpha value is -6.72. The number of unbranched alkanes of at least 4 members (excludes halogenated alkanes) is 1. The minimum Gasteiger partial charge on any atom is -0.480 e. The number of nitrogens with zero attached hydrogens (tertiary/aromatic N) is 4. The zero-order valence-electron chi connectivity index (χ0n) is 60.1. The predicted molar refractivity (Wildman–Crippen MR) is 383 cm³/mol. The molecular formula is C68H115N13O18S2. The zero-order valence-corrected chi connectivity index (χ0v) is 61.7. The number of ether oxygens (including phenoxy) is 3. The van der Waals surface area contributed by atoms with E-state index in [1.165, 1.54) is 11.8 Å². The second kappa shape index (κ2) is 50.6. The minimum absolute atomic E-state index is 0.00883. The summed E-state index contributed by atoms with van der Waals surface area (Å²) in [4.78, 5) is 162. The van der Waals surface area contributed by atoms with Crippen molar-refractivity contribution in [2.45, 2.75) is 160 Å². The summed E-state index contributed by atoms with van der Waals surface area (Å²) in [5, 5.41) is 51.2. The van der Waals surface area contributed by atoms with Gasteiger partial charge >= 0.3 is 17.9 Å². The Labute approximate surface area is 603 Å². The topological polar surface area (TPSA) is 428 Å². The van der Waals surface area contributed by atoms with E-state index >= 15 is 0 Å². The van der Waals surface area contributed by atoms with Gasteiger partial charge in [-0.2, -0.15) is 23.5 Å². The van der Waals surface area contributed by atoms with Gasteiger partial charge in [-0.05, 0) is 74.3 Å². The summed E-state index contributed by atoms with van der Waals surface area (Å²) in [5.74, 6) is -5.66. The molecule has 5 atom stereocenters. The number of benzene rings is 1. The van der Waals surface area contributed by atoms with Gasteiger partial charge in [0, 0.05) is 127 Å². The second-order valence-electron chi connectivity index (χ2n) is 25.9. The molecule has 13 N–H and O–H groups in total. The van der Waals surface area contributed by atoms with Crippen LogP contribution in [0.3, 0.4) is 0 Å². The van der Waals surface area contributed by atoms with Gasteiger partial charge in [0.15, 0.2) is 0 Å². The molecule has 31 nitrogen and oxygen atoms in total. The summed E-state index contributed by atoms with van der Waals surface area (Å²) in [7, 11) is 0. The van der Waals surface area contributed by atoms with E-state index in [1.54, 1.807) is 31.4 Å². The Morgan fingerprint density at radius 1 is 0.614 bits per heavy atom. The third-order valence-electron chi connectivity index (χ3n) is 17.2. The van der Waals surface area contributed by atoms with Crippen molar-refractivity contribution >= 4 is 94.6 Å². The Bertz CT molecular complexity index is 2720. The first-order chi connectivity index (χ1) is 48.3. The molecule has 0 saturated carbocycles. The third-order valence-corrected chi connectivity index (χ3v) is 19.4. The van der Waals surface area contributed by atoms with Gasteiger partial charge in [0.05, 0.1) is 52.6 Å². The van der Waals surface area contributed by atoms with Crippen molar-refractivity contribution in [3.63, 3.8) is 0 Å². The third kappa shape index (κ3) is 38.4. The Morgan fingerprint density at radius 3 is 1.62 bits per heavy atom. The number of fused-ring (bicyclic) bond motifs is 2. The van der Waals surface area contributed by atoms with E-state index < -0.39 is 77.2 Å². The summed E-state index contributed by atoms with van der Waals surface area (Å²) >= 11 is 3.10.